The van der Waals surface area contributed by atoms with Gasteiger partial charge >= 0.3 is 11.8 Å². The fourth-order valence-corrected chi connectivity index (χ4v) is 3.60. The number of amides is 3. The Bertz CT molecular complexity index is 934. The van der Waals surface area contributed by atoms with E-state index in [1.54, 1.807) is 41.3 Å². The molecular weight excluding hydrogens is 406 g/mol. The average Bonchev–Trinajstić information content (AvgIpc) is 2.75. The molecule has 0 saturated carbocycles. The van der Waals surface area contributed by atoms with Gasteiger partial charge in [-0.25, -0.2) is 0 Å². The van der Waals surface area contributed by atoms with E-state index in [1.807, 2.05) is 12.1 Å². The molecule has 0 spiro atoms. The number of rotatable bonds is 6. The van der Waals surface area contributed by atoms with Crippen molar-refractivity contribution < 1.29 is 19.1 Å². The first-order valence-electron chi connectivity index (χ1n) is 9.76. The Hall–Kier alpha value is -2.90. The highest BCUT2D eigenvalue weighted by Gasteiger charge is 2.21. The Morgan fingerprint density at radius 3 is 2.67 bits per heavy atom. The van der Waals surface area contributed by atoms with Crippen LogP contribution in [-0.4, -0.2) is 37.9 Å². The summed E-state index contributed by atoms with van der Waals surface area (Å²) < 4.78 is 5.39. The van der Waals surface area contributed by atoms with Crippen LogP contribution in [0.4, 0.5) is 11.4 Å². The molecule has 1 aliphatic heterocycles. The summed E-state index contributed by atoms with van der Waals surface area (Å²) in [6, 6.07) is 14.1. The number of carbonyl (C=O) groups excluding carboxylic acids is 3. The zero-order chi connectivity index (χ0) is 21.5. The van der Waals surface area contributed by atoms with E-state index in [0.29, 0.717) is 29.4 Å². The van der Waals surface area contributed by atoms with Gasteiger partial charge in [-0.2, -0.15) is 0 Å². The van der Waals surface area contributed by atoms with Gasteiger partial charge in [0.2, 0.25) is 5.91 Å². The highest BCUT2D eigenvalue weighted by Crippen LogP contribution is 2.25. The molecule has 1 heterocycles. The molecule has 0 bridgehead atoms. The lowest BCUT2D eigenvalue weighted by Crippen LogP contribution is -2.38. The minimum absolute atomic E-state index is 0.0626. The third-order valence-corrected chi connectivity index (χ3v) is 5.27. The molecule has 2 N–H and O–H groups in total. The minimum atomic E-state index is -0.800. The lowest BCUT2D eigenvalue weighted by molar-refractivity contribution is -0.136. The quantitative estimate of drug-likeness (QED) is 0.689. The van der Waals surface area contributed by atoms with Gasteiger partial charge in [0.15, 0.2) is 0 Å². The molecule has 8 heteroatoms. The van der Waals surface area contributed by atoms with Crippen molar-refractivity contribution in [1.82, 2.24) is 5.32 Å². The summed E-state index contributed by atoms with van der Waals surface area (Å²) in [4.78, 5) is 38.4. The second-order valence-corrected chi connectivity index (χ2v) is 7.37. The predicted molar refractivity (Wildman–Crippen MR) is 115 cm³/mol. The highest BCUT2D eigenvalue weighted by molar-refractivity contribution is 6.39. The monoisotopic (exact) mass is 429 g/mol. The molecule has 0 aliphatic carbocycles. The SMILES string of the molecule is CO[C@H](CNC(=O)C(=O)Nc1cccc(N2CCCCC2=O)c1)c1ccccc1Cl. The summed E-state index contributed by atoms with van der Waals surface area (Å²) in [5, 5.41) is 5.66. The molecule has 0 radical (unpaired) electrons. The number of nitrogens with one attached hydrogen (secondary N) is 2. The van der Waals surface area contributed by atoms with Gasteiger partial charge < -0.3 is 20.3 Å². The predicted octanol–water partition coefficient (Wildman–Crippen LogP) is 3.30. The van der Waals surface area contributed by atoms with Gasteiger partial charge in [-0.3, -0.25) is 14.4 Å². The van der Waals surface area contributed by atoms with Crippen LogP contribution < -0.4 is 15.5 Å². The van der Waals surface area contributed by atoms with Crippen molar-refractivity contribution in [3.63, 3.8) is 0 Å². The van der Waals surface area contributed by atoms with Crippen molar-refractivity contribution in [3.05, 3.63) is 59.1 Å². The van der Waals surface area contributed by atoms with E-state index < -0.39 is 17.9 Å². The Kier molecular flexibility index (Phi) is 7.43. The summed E-state index contributed by atoms with van der Waals surface area (Å²) >= 11 is 6.17. The Labute approximate surface area is 180 Å². The molecule has 1 fully saturated rings. The van der Waals surface area contributed by atoms with Crippen molar-refractivity contribution in [1.29, 1.82) is 0 Å². The van der Waals surface area contributed by atoms with Gasteiger partial charge in [0.25, 0.3) is 0 Å². The third-order valence-electron chi connectivity index (χ3n) is 4.93. The molecule has 30 heavy (non-hydrogen) atoms. The largest absolute Gasteiger partial charge is 0.375 e. The maximum Gasteiger partial charge on any atom is 0.313 e. The number of halogens is 1. The Morgan fingerprint density at radius 2 is 1.93 bits per heavy atom. The first-order valence-corrected chi connectivity index (χ1v) is 10.1. The maximum atomic E-state index is 12.3. The van der Waals surface area contributed by atoms with Crippen LogP contribution in [0.15, 0.2) is 48.5 Å². The van der Waals surface area contributed by atoms with Gasteiger partial charge in [-0.05, 0) is 37.1 Å². The highest BCUT2D eigenvalue weighted by atomic mass is 35.5. The van der Waals surface area contributed by atoms with E-state index in [2.05, 4.69) is 10.6 Å². The van der Waals surface area contributed by atoms with Crippen LogP contribution >= 0.6 is 11.6 Å². The second-order valence-electron chi connectivity index (χ2n) is 6.96. The van der Waals surface area contributed by atoms with Gasteiger partial charge in [0.05, 0.1) is 0 Å². The van der Waals surface area contributed by atoms with Crippen molar-refractivity contribution in [2.75, 3.05) is 30.4 Å². The van der Waals surface area contributed by atoms with E-state index in [-0.39, 0.29) is 12.5 Å². The molecule has 0 aromatic heterocycles. The molecule has 1 saturated heterocycles. The number of hydrogen-bond donors (Lipinski definition) is 2. The van der Waals surface area contributed by atoms with Crippen LogP contribution in [-0.2, 0) is 19.1 Å². The molecule has 1 atom stereocenters. The number of piperidine rings is 1. The van der Waals surface area contributed by atoms with Crippen LogP contribution in [0, 0.1) is 0 Å². The smallest absolute Gasteiger partial charge is 0.313 e. The standard InChI is InChI=1S/C22H24ClN3O4/c1-30-19(17-9-2-3-10-18(17)23)14-24-21(28)22(29)25-15-7-6-8-16(13-15)26-12-5-4-11-20(26)27/h2-3,6-10,13,19H,4-5,11-12,14H2,1H3,(H,24,28)(H,25,29)/t19-/m1/s1. The third kappa shape index (κ3) is 5.37. The number of hydrogen-bond acceptors (Lipinski definition) is 4. The van der Waals surface area contributed by atoms with Crippen LogP contribution in [0.5, 0.6) is 0 Å². The van der Waals surface area contributed by atoms with E-state index in [1.165, 1.54) is 7.11 Å². The number of ether oxygens (including phenoxy) is 1. The normalized spacial score (nSPS) is 14.9. The first kappa shape index (κ1) is 21.8. The topological polar surface area (TPSA) is 87.7 Å². The van der Waals surface area contributed by atoms with Crippen molar-refractivity contribution in [2.24, 2.45) is 0 Å². The molecule has 0 unspecified atom stereocenters. The van der Waals surface area contributed by atoms with Gasteiger partial charge in [-0.1, -0.05) is 35.9 Å². The van der Waals surface area contributed by atoms with E-state index in [9.17, 15) is 14.4 Å². The summed E-state index contributed by atoms with van der Waals surface area (Å²) in [6.45, 7) is 0.742. The number of methoxy groups -OCH3 is 1. The zero-order valence-electron chi connectivity index (χ0n) is 16.7. The average molecular weight is 430 g/mol. The molecule has 158 valence electrons. The van der Waals surface area contributed by atoms with Gasteiger partial charge in [0, 0.05) is 48.6 Å². The van der Waals surface area contributed by atoms with Crippen molar-refractivity contribution >= 4 is 40.7 Å². The first-order chi connectivity index (χ1) is 14.5. The Balaban J connectivity index is 1.59. The van der Waals surface area contributed by atoms with Gasteiger partial charge in [-0.15, -0.1) is 0 Å². The summed E-state index contributed by atoms with van der Waals surface area (Å²) in [5.74, 6) is -1.53. The number of nitrogens with zero attached hydrogens (tertiary/aromatic N) is 1. The lowest BCUT2D eigenvalue weighted by Gasteiger charge is -2.27. The van der Waals surface area contributed by atoms with E-state index >= 15 is 0 Å². The molecule has 3 amide bonds. The van der Waals surface area contributed by atoms with E-state index in [0.717, 1.165) is 18.4 Å². The molecule has 1 aliphatic rings. The van der Waals surface area contributed by atoms with Crippen LogP contribution in [0.25, 0.3) is 0 Å². The maximum absolute atomic E-state index is 12.3. The molecule has 3 rings (SSSR count). The van der Waals surface area contributed by atoms with Crippen LogP contribution in [0.3, 0.4) is 0 Å². The van der Waals surface area contributed by atoms with Crippen molar-refractivity contribution in [3.8, 4) is 0 Å². The van der Waals surface area contributed by atoms with Crippen molar-refractivity contribution in [2.45, 2.75) is 25.4 Å². The summed E-state index contributed by atoms with van der Waals surface area (Å²) in [7, 11) is 1.51. The fraction of sp³-hybridized carbons (Fsp3) is 0.318. The fourth-order valence-electron chi connectivity index (χ4n) is 3.34. The van der Waals surface area contributed by atoms with Crippen LogP contribution in [0.1, 0.15) is 30.9 Å². The number of benzene rings is 2. The van der Waals surface area contributed by atoms with E-state index in [4.69, 9.17) is 16.3 Å². The summed E-state index contributed by atoms with van der Waals surface area (Å²) in [5.41, 5.74) is 1.87. The molecule has 2 aromatic carbocycles. The summed E-state index contributed by atoms with van der Waals surface area (Å²) in [6.07, 6.45) is 1.87. The molecular formula is C22H24ClN3O4. The second kappa shape index (κ2) is 10.2. The minimum Gasteiger partial charge on any atom is -0.375 e. The molecule has 2 aromatic rings. The van der Waals surface area contributed by atoms with Gasteiger partial charge in [0.1, 0.15) is 6.10 Å². The number of carbonyl (C=O) groups is 3. The number of anilines is 2. The lowest BCUT2D eigenvalue weighted by atomic mass is 10.1. The molecule has 7 nitrogen and oxygen atoms in total. The Morgan fingerprint density at radius 1 is 1.13 bits per heavy atom. The van der Waals surface area contributed by atoms with Crippen LogP contribution in [0.2, 0.25) is 5.02 Å². The zero-order valence-corrected chi connectivity index (χ0v) is 17.4.